The number of carbonyl (C=O) groups is 6. The van der Waals surface area contributed by atoms with Crippen LogP contribution in [-0.2, 0) is 30.0 Å². The SMILES string of the molecule is C=S1N=C(C(C)(C)C)C(C(C)(C)C)=N1.CC(C)(C)CC(=O)c1ccc(C(=O)CC(C)(C)C)s1.CC(C)(C)CCCCC(=O)NC(C)(C)C.CC(C)(C)CNC(=O)C(C)(C)C.CC(C)(C)CNCC(C)(C)C.CC(C)(C)NC(=O)CC(=O)NC(C)(C)C.CC(C)(C)NC(=S)NC(C)(C)C.CC(C)(C)c1c(C(C)(C)C)c(=O)c1=O. The average molecular weight is 1630 g/mol. The van der Waals surface area contributed by atoms with Gasteiger partial charge >= 0.3 is 0 Å². The maximum absolute atomic E-state index is 12.1. The number of thiocarbonyl (C=S) groups is 1. The molecule has 0 atom stereocenters. The molecule has 0 radical (unpaired) electrons. The summed E-state index contributed by atoms with van der Waals surface area (Å²) in [5, 5.41) is 21.9. The molecule has 0 fully saturated rings. The molecule has 0 saturated carbocycles. The van der Waals surface area contributed by atoms with E-state index >= 15 is 0 Å². The van der Waals surface area contributed by atoms with E-state index in [9.17, 15) is 38.4 Å². The zero-order valence-electron chi connectivity index (χ0n) is 81.3. The molecule has 0 bridgehead atoms. The fourth-order valence-corrected chi connectivity index (χ4v) is 12.2. The van der Waals surface area contributed by atoms with Crippen LogP contribution in [-0.4, -0.2) is 105 Å². The molecule has 112 heavy (non-hydrogen) atoms. The van der Waals surface area contributed by atoms with Gasteiger partial charge in [-0.25, -0.2) is 8.80 Å². The van der Waals surface area contributed by atoms with Gasteiger partial charge in [0.25, 0.3) is 0 Å². The van der Waals surface area contributed by atoms with Crippen molar-refractivity contribution in [2.24, 2.45) is 57.5 Å². The van der Waals surface area contributed by atoms with Gasteiger partial charge in [-0.3, -0.25) is 38.4 Å². The Balaban J connectivity index is -0.000000392. The lowest BCUT2D eigenvalue weighted by Crippen LogP contribution is -2.51. The molecule has 17 nitrogen and oxygen atoms in total. The topological polar surface area (TPSA) is 245 Å². The minimum Gasteiger partial charge on any atom is -0.358 e. The van der Waals surface area contributed by atoms with E-state index in [1.807, 2.05) is 166 Å². The van der Waals surface area contributed by atoms with Gasteiger partial charge < -0.3 is 37.2 Å². The van der Waals surface area contributed by atoms with Crippen molar-refractivity contribution in [1.29, 1.82) is 0 Å². The zero-order chi connectivity index (χ0) is 90.8. The largest absolute Gasteiger partial charge is 0.358 e. The second kappa shape index (κ2) is 45.2. The molecule has 0 spiro atoms. The summed E-state index contributed by atoms with van der Waals surface area (Å²) in [6.45, 7) is 102. The number of hydrogen-bond donors (Lipinski definition) is 7. The van der Waals surface area contributed by atoms with Gasteiger partial charge in [0, 0.05) is 105 Å². The number of nitrogens with zero attached hydrogens (tertiary/aromatic N) is 2. The third kappa shape index (κ3) is 66.4. The lowest BCUT2D eigenvalue weighted by atomic mass is 9.71. The molecular formula is C92H175N9O8S3. The first-order chi connectivity index (χ1) is 48.7. The number of carbonyl (C=O) groups excluding carboxylic acids is 6. The predicted molar refractivity (Wildman–Crippen MR) is 497 cm³/mol. The summed E-state index contributed by atoms with van der Waals surface area (Å²) in [6, 6.07) is 3.57. The maximum atomic E-state index is 12.1. The van der Waals surface area contributed by atoms with Crippen LogP contribution < -0.4 is 48.1 Å². The third-order valence-corrected chi connectivity index (χ3v) is 16.3. The molecule has 1 aliphatic rings. The number of amides is 4. The van der Waals surface area contributed by atoms with Crippen LogP contribution in [0.4, 0.5) is 0 Å². The zero-order valence-corrected chi connectivity index (χ0v) is 83.8. The summed E-state index contributed by atoms with van der Waals surface area (Å²) in [5.41, 5.74) is 3.29. The first-order valence-corrected chi connectivity index (χ1v) is 43.0. The van der Waals surface area contributed by atoms with Gasteiger partial charge in [-0.2, -0.15) is 0 Å². The number of unbranched alkanes of at least 4 members (excludes halogenated alkanes) is 1. The smallest absolute Gasteiger partial charge is 0.230 e. The van der Waals surface area contributed by atoms with Crippen LogP contribution in [0.3, 0.4) is 0 Å². The molecule has 1 aliphatic heterocycles. The van der Waals surface area contributed by atoms with E-state index in [0.29, 0.717) is 45.3 Å². The first-order valence-electron chi connectivity index (χ1n) is 40.5. The van der Waals surface area contributed by atoms with Crippen LogP contribution in [0, 0.1) is 48.7 Å². The number of nitrogens with one attached hydrogen (secondary N) is 7. The van der Waals surface area contributed by atoms with Gasteiger partial charge in [0.2, 0.25) is 34.5 Å². The minimum absolute atomic E-state index is 0.0172. The predicted octanol–water partition coefficient (Wildman–Crippen LogP) is 22.0. The Morgan fingerprint density at radius 2 is 0.670 bits per heavy atom. The van der Waals surface area contributed by atoms with Crippen LogP contribution in [0.25, 0.3) is 0 Å². The molecule has 2 aromatic rings. The van der Waals surface area contributed by atoms with Crippen molar-refractivity contribution in [1.82, 2.24) is 37.2 Å². The van der Waals surface area contributed by atoms with Crippen LogP contribution in [0.1, 0.15) is 408 Å². The summed E-state index contributed by atoms with van der Waals surface area (Å²) in [5.74, 6) is 3.99. The molecule has 0 saturated heterocycles. The van der Waals surface area contributed by atoms with Crippen molar-refractivity contribution in [2.45, 2.75) is 416 Å². The Hall–Kier alpha value is -4.79. The van der Waals surface area contributed by atoms with Crippen molar-refractivity contribution < 1.29 is 28.8 Å². The summed E-state index contributed by atoms with van der Waals surface area (Å²) >= 11 is 6.46. The number of thiophene rings is 1. The van der Waals surface area contributed by atoms with E-state index in [2.05, 4.69) is 218 Å². The van der Waals surface area contributed by atoms with E-state index in [1.54, 1.807) is 12.1 Å². The number of rotatable bonds is 13. The summed E-state index contributed by atoms with van der Waals surface area (Å²) in [4.78, 5) is 94.1. The van der Waals surface area contributed by atoms with Gasteiger partial charge in [0.15, 0.2) is 16.7 Å². The molecule has 4 amide bonds. The molecule has 20 heteroatoms. The summed E-state index contributed by atoms with van der Waals surface area (Å²) < 4.78 is 9.07. The quantitative estimate of drug-likeness (QED) is 0.0325. The highest BCUT2D eigenvalue weighted by molar-refractivity contribution is 8.12. The second-order valence-corrected chi connectivity index (χ2v) is 50.3. The Bertz CT molecular complexity index is 3240. The van der Waals surface area contributed by atoms with Crippen LogP contribution in [0.2, 0.25) is 0 Å². The molecule has 654 valence electrons. The van der Waals surface area contributed by atoms with Crippen molar-refractivity contribution in [3.8, 4) is 0 Å². The van der Waals surface area contributed by atoms with Gasteiger partial charge in [-0.15, -0.1) is 11.3 Å². The van der Waals surface area contributed by atoms with E-state index in [-0.39, 0.29) is 123 Å². The average Bonchev–Trinajstić information content (AvgIpc) is 0.943. The van der Waals surface area contributed by atoms with Crippen LogP contribution in [0.5, 0.6) is 0 Å². The van der Waals surface area contributed by atoms with E-state index in [0.717, 1.165) is 60.1 Å². The maximum Gasteiger partial charge on any atom is 0.230 e. The Morgan fingerprint density at radius 1 is 0.384 bits per heavy atom. The Kier molecular flexibility index (Phi) is 46.8. The van der Waals surface area contributed by atoms with Gasteiger partial charge in [-0.05, 0) is 190 Å². The molecule has 3 rings (SSSR count). The van der Waals surface area contributed by atoms with E-state index in [4.69, 9.17) is 12.2 Å². The Morgan fingerprint density at radius 3 is 0.902 bits per heavy atom. The van der Waals surface area contributed by atoms with Crippen LogP contribution in [0.15, 0.2) is 30.5 Å². The fourth-order valence-electron chi connectivity index (χ4n) is 9.53. The summed E-state index contributed by atoms with van der Waals surface area (Å²) in [7, 11) is -0.400. The van der Waals surface area contributed by atoms with Gasteiger partial charge in [-0.1, -0.05) is 235 Å². The van der Waals surface area contributed by atoms with Gasteiger partial charge in [0.1, 0.15) is 6.42 Å². The number of Topliss-reactive ketones (excluding diaryl/α,β-unsaturated/α-hetero) is 2. The highest BCUT2D eigenvalue weighted by Gasteiger charge is 2.37. The van der Waals surface area contributed by atoms with Crippen molar-refractivity contribution in [3.63, 3.8) is 0 Å². The molecule has 2 heterocycles. The van der Waals surface area contributed by atoms with Gasteiger partial charge in [0.05, 0.1) is 21.2 Å². The monoisotopic (exact) mass is 1630 g/mol. The first kappa shape index (κ1) is 116. The Labute approximate surface area is 700 Å². The second-order valence-electron chi connectivity index (χ2n) is 47.7. The van der Waals surface area contributed by atoms with Crippen molar-refractivity contribution >= 4 is 92.0 Å². The molecule has 0 unspecified atom stereocenters. The van der Waals surface area contributed by atoms with Crippen molar-refractivity contribution in [2.75, 3.05) is 19.6 Å². The van der Waals surface area contributed by atoms with Crippen LogP contribution >= 0.6 is 34.4 Å². The highest BCUT2D eigenvalue weighted by Crippen LogP contribution is 2.37. The lowest BCUT2D eigenvalue weighted by molar-refractivity contribution is -0.131. The third-order valence-electron chi connectivity index (χ3n) is 14.2. The standard InChI is InChI=1S/C16H24O2S.C13H27NO.C12H18O2.C11H22N2O2.C11H20N2S.C10H21NO.C10H23N.C9H20N2S/c1-15(2,3)9-11(17)13-7-8-14(19-13)12(18)10-16(4,5)6;1-12(2,3)10-8-7-9-11(15)14-13(4,5)6;1-11(2,3)7-8(12(4,5)6)10(14)9(7)13;1-10(2,3)12-8(14)7-9(15)13-11(4,5)6;1-10(2,3)8-9(11(4,5)6)13-14(7)12-8;1-9(2,3)7-11-8(12)10(4,5)6;1-9(2,3)7-11-8-10(4,5)6;1-8(2,3)10-7(12)11-9(4,5)6/h7-8H,9-10H2,1-6H3;7-10H2,1-6H3,(H,14,15);1-6H3;7H2,1-6H3,(H,12,14)(H,13,15);7H2,1-6H3;7H2,1-6H3,(H,11,12);11H,7-8H2,1-6H3;1-6H3,(H2,10,11,12). The summed E-state index contributed by atoms with van der Waals surface area (Å²) in [6.07, 6.45) is 4.90. The minimum atomic E-state index is -0.400. The molecule has 0 aliphatic carbocycles. The van der Waals surface area contributed by atoms with Crippen molar-refractivity contribution in [3.05, 3.63) is 53.5 Å². The molecule has 1 aromatic heterocycles. The highest BCUT2D eigenvalue weighted by atomic mass is 32.2. The normalized spacial score (nSPS) is 13.6. The number of ketones is 2. The van der Waals surface area contributed by atoms with E-state index in [1.165, 1.54) is 17.8 Å². The van der Waals surface area contributed by atoms with E-state index < -0.39 is 10.9 Å². The molecular weight excluding hydrogens is 1460 g/mol. The number of hydrogen-bond acceptors (Lipinski definition) is 13. The lowest BCUT2D eigenvalue weighted by Gasteiger charge is -2.30. The molecule has 1 aromatic carbocycles. The fraction of sp³-hybridized carbons (Fsp3) is 0.804. The molecule has 7 N–H and O–H groups in total.